The molecule has 4 heterocycles. The molecule has 2 aromatic carbocycles. The molecule has 2 aliphatic heterocycles. The fraction of sp³-hybridized carbons (Fsp3) is 0.468. The molecule has 2 fully saturated rings. The summed E-state index contributed by atoms with van der Waals surface area (Å²) in [5.41, 5.74) is 14.2. The first-order valence-electron chi connectivity index (χ1n) is 21.5. The van der Waals surface area contributed by atoms with E-state index in [9.17, 15) is 14.4 Å². The van der Waals surface area contributed by atoms with Crippen LogP contribution < -0.4 is 11.1 Å². The minimum atomic E-state index is -0.605. The molecule has 2 aromatic heterocycles. The summed E-state index contributed by atoms with van der Waals surface area (Å²) in [6, 6.07) is 12.1. The van der Waals surface area contributed by atoms with E-state index in [0.717, 1.165) is 95.9 Å². The number of carbonyl (C=O) groups excluding carboxylic acids is 3. The van der Waals surface area contributed by atoms with E-state index in [0.29, 0.717) is 39.1 Å². The van der Waals surface area contributed by atoms with Crippen molar-refractivity contribution in [2.24, 2.45) is 17.6 Å². The Labute approximate surface area is 406 Å². The molecule has 16 heteroatoms. The maximum absolute atomic E-state index is 12.7. The van der Waals surface area contributed by atoms with Gasteiger partial charge in [-0.2, -0.15) is 0 Å². The molecule has 0 radical (unpaired) electrons. The molecule has 3 N–H and O–H groups in total. The number of hydrogen-bond acceptors (Lipinski definition) is 7. The highest BCUT2D eigenvalue weighted by Gasteiger charge is 2.38. The van der Waals surface area contributed by atoms with Crippen LogP contribution in [0.3, 0.4) is 0 Å². The molecule has 2 aliphatic carbocycles. The molecule has 4 aliphatic rings. The Kier molecular flexibility index (Phi) is 15.8. The number of ether oxygens (including phenoxy) is 1. The van der Waals surface area contributed by atoms with Gasteiger partial charge in [0, 0.05) is 79.4 Å². The zero-order chi connectivity index (χ0) is 45.2. The Balaban J connectivity index is 0.000000193. The van der Waals surface area contributed by atoms with Crippen LogP contribution in [-0.2, 0) is 40.0 Å². The Morgan fingerprint density at radius 2 is 1.10 bits per heavy atom. The summed E-state index contributed by atoms with van der Waals surface area (Å²) in [4.78, 5) is 50.0. The fourth-order valence-corrected chi connectivity index (χ4v) is 11.8. The number of pyridine rings is 2. The van der Waals surface area contributed by atoms with Gasteiger partial charge in [-0.05, 0) is 186 Å². The van der Waals surface area contributed by atoms with Gasteiger partial charge in [-0.1, -0.05) is 46.4 Å². The predicted octanol–water partition coefficient (Wildman–Crippen LogP) is 10.7. The number of halogens is 6. The summed E-state index contributed by atoms with van der Waals surface area (Å²) in [5, 5.41) is 5.27. The topological polar surface area (TPSA) is 131 Å². The number of aryl methyl sites for hydroxylation is 4. The first kappa shape index (κ1) is 48.0. The third-order valence-corrected chi connectivity index (χ3v) is 14.4. The maximum Gasteiger partial charge on any atom is 0.408 e. The molecule has 4 aromatic rings. The van der Waals surface area contributed by atoms with Crippen molar-refractivity contribution in [1.82, 2.24) is 25.1 Å². The van der Waals surface area contributed by atoms with Crippen molar-refractivity contribution in [3.05, 3.63) is 123 Å². The normalized spacial score (nSPS) is 19.0. The van der Waals surface area contributed by atoms with Crippen LogP contribution in [0.15, 0.2) is 57.7 Å². The van der Waals surface area contributed by atoms with Crippen molar-refractivity contribution < 1.29 is 19.1 Å². The van der Waals surface area contributed by atoms with E-state index in [-0.39, 0.29) is 42.7 Å². The highest BCUT2D eigenvalue weighted by Crippen LogP contribution is 2.48. The number of rotatable bonds is 5. The standard InChI is InChI=1S/C26H30BrCl2N3O3.C21H22BrCl2N3O/c1-26(2,3)35-25(34)31-14-21(33)32-8-6-15(7-9-32)23-22-16(11-19(28)12-20(22)29)4-5-17-10-18(27)13-30-24(17)23;22-15-7-14-2-1-13-8-16(23)9-17(24)19(13)20(21(14)26-11-15)12-3-5-27(6-4-12)18(28)10-25/h10-13,15,23H,4-9,14H2,1-3H3,(H,31,34);7-9,11-12,20H,1-6,10,25H2. The number of hydrogen-bond donors (Lipinski definition) is 2. The number of fused-ring (bicyclic) bond motifs is 4. The Morgan fingerprint density at radius 3 is 1.51 bits per heavy atom. The van der Waals surface area contributed by atoms with Crippen molar-refractivity contribution >= 4 is 96.2 Å². The molecule has 2 atom stereocenters. The third kappa shape index (κ3) is 11.5. The van der Waals surface area contributed by atoms with Crippen LogP contribution in [0.25, 0.3) is 0 Å². The summed E-state index contributed by atoms with van der Waals surface area (Å²) in [7, 11) is 0. The molecule has 0 bridgehead atoms. The summed E-state index contributed by atoms with van der Waals surface area (Å²) < 4.78 is 7.18. The number of likely N-dealkylation sites (tertiary alicyclic amines) is 2. The molecule has 2 unspecified atom stereocenters. The summed E-state index contributed by atoms with van der Waals surface area (Å²) in [6.07, 6.45) is 10.1. The number of nitrogens with one attached hydrogen (secondary N) is 1. The van der Waals surface area contributed by atoms with Crippen LogP contribution in [0.4, 0.5) is 4.79 Å². The summed E-state index contributed by atoms with van der Waals surface area (Å²) in [5.74, 6) is 0.707. The molecule has 8 rings (SSSR count). The third-order valence-electron chi connectivity index (χ3n) is 12.5. The van der Waals surface area contributed by atoms with Crippen LogP contribution in [0, 0.1) is 11.8 Å². The molecule has 3 amide bonds. The maximum atomic E-state index is 12.7. The monoisotopic (exact) mass is 1060 g/mol. The SMILES string of the molecule is CC(C)(C)OC(=O)NCC(=O)N1CCC(C2c3ncc(Br)cc3CCc3cc(Cl)cc(Cl)c32)CC1.NCC(=O)N1CCC(C2c3ncc(Br)cc3CCc3cc(Cl)cc(Cl)c32)CC1. The largest absolute Gasteiger partial charge is 0.444 e. The quantitative estimate of drug-likeness (QED) is 0.204. The first-order valence-corrected chi connectivity index (χ1v) is 24.6. The minimum Gasteiger partial charge on any atom is -0.444 e. The van der Waals surface area contributed by atoms with Crippen molar-refractivity contribution in [2.45, 2.75) is 89.6 Å². The van der Waals surface area contributed by atoms with Gasteiger partial charge >= 0.3 is 6.09 Å². The van der Waals surface area contributed by atoms with E-state index < -0.39 is 11.7 Å². The van der Waals surface area contributed by atoms with Crippen LogP contribution in [0.5, 0.6) is 0 Å². The smallest absolute Gasteiger partial charge is 0.408 e. The van der Waals surface area contributed by atoms with Gasteiger partial charge < -0.3 is 25.6 Å². The van der Waals surface area contributed by atoms with Crippen LogP contribution in [-0.4, -0.2) is 82.5 Å². The van der Waals surface area contributed by atoms with E-state index in [1.807, 2.05) is 46.5 Å². The predicted molar refractivity (Wildman–Crippen MR) is 257 cm³/mol. The Bertz CT molecular complexity index is 2370. The second-order valence-electron chi connectivity index (χ2n) is 17.8. The van der Waals surface area contributed by atoms with Crippen molar-refractivity contribution in [3.63, 3.8) is 0 Å². The lowest BCUT2D eigenvalue weighted by molar-refractivity contribution is -0.132. The number of alkyl carbamates (subject to hydrolysis) is 1. The van der Waals surface area contributed by atoms with E-state index in [1.165, 1.54) is 22.3 Å². The van der Waals surface area contributed by atoms with Gasteiger partial charge in [-0.15, -0.1) is 0 Å². The lowest BCUT2D eigenvalue weighted by Gasteiger charge is -2.37. The zero-order valence-electron chi connectivity index (χ0n) is 35.6. The lowest BCUT2D eigenvalue weighted by Crippen LogP contribution is -2.45. The number of benzene rings is 2. The zero-order valence-corrected chi connectivity index (χ0v) is 41.8. The molecule has 10 nitrogen and oxygen atoms in total. The number of aromatic nitrogens is 2. The van der Waals surface area contributed by atoms with E-state index in [4.69, 9.17) is 66.8 Å². The number of piperidine rings is 2. The minimum absolute atomic E-state index is 0.0204. The summed E-state index contributed by atoms with van der Waals surface area (Å²) in [6.45, 7) is 8.04. The van der Waals surface area contributed by atoms with E-state index in [1.54, 1.807) is 20.8 Å². The van der Waals surface area contributed by atoms with E-state index in [2.05, 4.69) is 49.3 Å². The highest BCUT2D eigenvalue weighted by molar-refractivity contribution is 9.10. The molecular weight excluding hydrogens is 1010 g/mol. The molecule has 0 saturated carbocycles. The number of amides is 3. The van der Waals surface area contributed by atoms with Gasteiger partial charge in [0.05, 0.1) is 17.9 Å². The molecule has 0 spiro atoms. The average molecular weight is 1070 g/mol. The molecule has 63 heavy (non-hydrogen) atoms. The molecule has 2 saturated heterocycles. The van der Waals surface area contributed by atoms with Crippen molar-refractivity contribution in [3.8, 4) is 0 Å². The second kappa shape index (κ2) is 20.7. The van der Waals surface area contributed by atoms with E-state index >= 15 is 0 Å². The number of nitrogens with two attached hydrogens (primary N) is 1. The van der Waals surface area contributed by atoms with Gasteiger partial charge in [0.25, 0.3) is 0 Å². The first-order chi connectivity index (χ1) is 30.0. The lowest BCUT2D eigenvalue weighted by atomic mass is 9.76. The van der Waals surface area contributed by atoms with Crippen LogP contribution in [0.1, 0.15) is 103 Å². The fourth-order valence-electron chi connectivity index (χ4n) is 9.73. The Hall–Kier alpha value is -2.97. The number of nitrogens with zero attached hydrogens (tertiary/aromatic N) is 4. The van der Waals surface area contributed by atoms with Crippen LogP contribution >= 0.6 is 78.3 Å². The second-order valence-corrected chi connectivity index (χ2v) is 21.3. The highest BCUT2D eigenvalue weighted by atomic mass is 79.9. The number of carbonyl (C=O) groups is 3. The van der Waals surface area contributed by atoms with Gasteiger partial charge in [-0.25, -0.2) is 4.79 Å². The van der Waals surface area contributed by atoms with Gasteiger partial charge in [0.2, 0.25) is 11.8 Å². The summed E-state index contributed by atoms with van der Waals surface area (Å²) >= 11 is 33.3. The van der Waals surface area contributed by atoms with Gasteiger partial charge in [-0.3, -0.25) is 19.6 Å². The van der Waals surface area contributed by atoms with Crippen LogP contribution in [0.2, 0.25) is 20.1 Å². The molecule has 336 valence electrons. The van der Waals surface area contributed by atoms with Gasteiger partial charge in [0.15, 0.2) is 0 Å². The van der Waals surface area contributed by atoms with Crippen molar-refractivity contribution in [1.29, 1.82) is 0 Å². The van der Waals surface area contributed by atoms with Gasteiger partial charge in [0.1, 0.15) is 12.1 Å². The average Bonchev–Trinajstić information content (AvgIpc) is 3.50. The Morgan fingerprint density at radius 1 is 0.683 bits per heavy atom. The van der Waals surface area contributed by atoms with Crippen molar-refractivity contribution in [2.75, 3.05) is 39.3 Å². The molecular formula is C47H52Br2Cl4N6O4.